The lowest BCUT2D eigenvalue weighted by Gasteiger charge is -2.15. The average Bonchev–Trinajstić information content (AvgIpc) is 2.35. The Morgan fingerprint density at radius 3 is 2.56 bits per heavy atom. The molecule has 0 aromatic carbocycles. The zero-order valence-corrected chi connectivity index (χ0v) is 13.5. The van der Waals surface area contributed by atoms with Crippen LogP contribution >= 0.6 is 23.5 Å². The van der Waals surface area contributed by atoms with E-state index in [0.29, 0.717) is 11.2 Å². The summed E-state index contributed by atoms with van der Waals surface area (Å²) in [4.78, 5) is 9.03. The van der Waals surface area contributed by atoms with E-state index in [2.05, 4.69) is 49.0 Å². The highest BCUT2D eigenvalue weighted by atomic mass is 32.2. The molecule has 1 unspecified atom stereocenters. The number of aromatic nitrogens is 2. The fraction of sp³-hybridized carbons (Fsp3) is 0.692. The number of anilines is 1. The van der Waals surface area contributed by atoms with Crippen molar-refractivity contribution in [2.45, 2.75) is 49.5 Å². The lowest BCUT2D eigenvalue weighted by atomic mass is 10.2. The molecule has 1 aromatic heterocycles. The molecule has 0 aliphatic heterocycles. The molecule has 102 valence electrons. The third-order valence-electron chi connectivity index (χ3n) is 2.67. The van der Waals surface area contributed by atoms with E-state index in [4.69, 9.17) is 0 Å². The van der Waals surface area contributed by atoms with Gasteiger partial charge in [-0.15, -0.1) is 11.8 Å². The van der Waals surface area contributed by atoms with Gasteiger partial charge in [-0.25, -0.2) is 9.97 Å². The summed E-state index contributed by atoms with van der Waals surface area (Å²) in [5.74, 6) is 1.59. The van der Waals surface area contributed by atoms with Gasteiger partial charge < -0.3 is 5.32 Å². The second kappa shape index (κ2) is 7.89. The summed E-state index contributed by atoms with van der Waals surface area (Å²) in [5, 5.41) is 5.80. The smallest absolute Gasteiger partial charge is 0.190 e. The Balaban J connectivity index is 2.82. The molecule has 1 N–H and O–H groups in total. The standard InChI is InChI=1S/C13H23N3S2/c1-6-7-14-11-8-12(16-13(15-11)17-5)18-10(4)9(2)3/h8-10H,6-7H2,1-5H3,(H,14,15,16). The zero-order chi connectivity index (χ0) is 13.5. The highest BCUT2D eigenvalue weighted by Gasteiger charge is 2.12. The maximum Gasteiger partial charge on any atom is 0.190 e. The van der Waals surface area contributed by atoms with Crippen LogP contribution in [0.3, 0.4) is 0 Å². The predicted octanol–water partition coefficient (Wildman–Crippen LogP) is 4.16. The van der Waals surface area contributed by atoms with E-state index in [1.54, 1.807) is 11.8 Å². The van der Waals surface area contributed by atoms with Gasteiger partial charge in [0.1, 0.15) is 10.8 Å². The molecule has 1 aromatic rings. The molecule has 0 radical (unpaired) electrons. The Hall–Kier alpha value is -0.420. The lowest BCUT2D eigenvalue weighted by molar-refractivity contribution is 0.641. The van der Waals surface area contributed by atoms with Crippen LogP contribution in [0.4, 0.5) is 5.82 Å². The van der Waals surface area contributed by atoms with Crippen molar-refractivity contribution in [1.29, 1.82) is 0 Å². The number of hydrogen-bond donors (Lipinski definition) is 1. The maximum atomic E-state index is 4.56. The molecular formula is C13H23N3S2. The second-order valence-electron chi connectivity index (χ2n) is 4.57. The van der Waals surface area contributed by atoms with E-state index >= 15 is 0 Å². The van der Waals surface area contributed by atoms with Crippen LogP contribution in [-0.2, 0) is 0 Å². The van der Waals surface area contributed by atoms with Crippen LogP contribution in [0.2, 0.25) is 0 Å². The number of rotatable bonds is 7. The van der Waals surface area contributed by atoms with Crippen LogP contribution in [0.15, 0.2) is 16.2 Å². The first-order chi connectivity index (χ1) is 8.56. The van der Waals surface area contributed by atoms with Crippen LogP contribution in [-0.4, -0.2) is 28.0 Å². The molecule has 5 heteroatoms. The van der Waals surface area contributed by atoms with Gasteiger partial charge in [0.2, 0.25) is 0 Å². The van der Waals surface area contributed by atoms with Crippen molar-refractivity contribution in [1.82, 2.24) is 9.97 Å². The van der Waals surface area contributed by atoms with E-state index in [1.807, 2.05) is 18.0 Å². The summed E-state index contributed by atoms with van der Waals surface area (Å²) in [6.45, 7) is 9.83. The minimum absolute atomic E-state index is 0.564. The number of thioether (sulfide) groups is 2. The van der Waals surface area contributed by atoms with Gasteiger partial charge in [0.15, 0.2) is 5.16 Å². The van der Waals surface area contributed by atoms with Crippen LogP contribution < -0.4 is 5.32 Å². The second-order valence-corrected chi connectivity index (χ2v) is 6.74. The maximum absolute atomic E-state index is 4.56. The largest absolute Gasteiger partial charge is 0.370 e. The predicted molar refractivity (Wildman–Crippen MR) is 82.8 cm³/mol. The van der Waals surface area contributed by atoms with Crippen molar-refractivity contribution >= 4 is 29.3 Å². The number of nitrogens with zero attached hydrogens (tertiary/aromatic N) is 2. The highest BCUT2D eigenvalue weighted by Crippen LogP contribution is 2.28. The van der Waals surface area contributed by atoms with Gasteiger partial charge >= 0.3 is 0 Å². The lowest BCUT2D eigenvalue weighted by Crippen LogP contribution is -2.07. The molecule has 18 heavy (non-hydrogen) atoms. The third kappa shape index (κ3) is 5.06. The van der Waals surface area contributed by atoms with Gasteiger partial charge in [-0.2, -0.15) is 0 Å². The monoisotopic (exact) mass is 285 g/mol. The van der Waals surface area contributed by atoms with Gasteiger partial charge in [0.05, 0.1) is 0 Å². The Morgan fingerprint density at radius 2 is 2.00 bits per heavy atom. The van der Waals surface area contributed by atoms with E-state index < -0.39 is 0 Å². The summed E-state index contributed by atoms with van der Waals surface area (Å²) < 4.78 is 0. The Labute approximate surface area is 119 Å². The number of nitrogens with one attached hydrogen (secondary N) is 1. The van der Waals surface area contributed by atoms with Crippen molar-refractivity contribution in [2.24, 2.45) is 5.92 Å². The summed E-state index contributed by atoms with van der Waals surface area (Å²) >= 11 is 3.41. The molecule has 0 spiro atoms. The minimum atomic E-state index is 0.564. The van der Waals surface area contributed by atoms with Crippen molar-refractivity contribution in [3.63, 3.8) is 0 Å². The van der Waals surface area contributed by atoms with Crippen molar-refractivity contribution in [2.75, 3.05) is 18.1 Å². The van der Waals surface area contributed by atoms with E-state index in [-0.39, 0.29) is 0 Å². The topological polar surface area (TPSA) is 37.8 Å². The van der Waals surface area contributed by atoms with Gasteiger partial charge in [0, 0.05) is 17.9 Å². The van der Waals surface area contributed by atoms with Gasteiger partial charge in [-0.1, -0.05) is 39.5 Å². The van der Waals surface area contributed by atoms with E-state index in [1.165, 1.54) is 0 Å². The third-order valence-corrected chi connectivity index (χ3v) is 4.58. The van der Waals surface area contributed by atoms with E-state index in [9.17, 15) is 0 Å². The molecule has 0 fully saturated rings. The molecule has 1 heterocycles. The molecule has 1 rings (SSSR count). The molecule has 0 bridgehead atoms. The van der Waals surface area contributed by atoms with Gasteiger partial charge in [-0.05, 0) is 18.6 Å². The minimum Gasteiger partial charge on any atom is -0.370 e. The average molecular weight is 285 g/mol. The normalized spacial score (nSPS) is 12.8. The quantitative estimate of drug-likeness (QED) is 0.462. The van der Waals surface area contributed by atoms with Gasteiger partial charge in [-0.3, -0.25) is 0 Å². The van der Waals surface area contributed by atoms with Crippen LogP contribution in [0, 0.1) is 5.92 Å². The molecule has 0 aliphatic rings. The summed E-state index contributed by atoms with van der Waals surface area (Å²) in [6.07, 6.45) is 3.11. The molecule has 0 saturated carbocycles. The van der Waals surface area contributed by atoms with Crippen molar-refractivity contribution < 1.29 is 0 Å². The van der Waals surface area contributed by atoms with E-state index in [0.717, 1.165) is 29.0 Å². The Morgan fingerprint density at radius 1 is 1.28 bits per heavy atom. The molecule has 1 atom stereocenters. The Kier molecular flexibility index (Phi) is 6.86. The summed E-state index contributed by atoms with van der Waals surface area (Å²) in [5.41, 5.74) is 0. The first kappa shape index (κ1) is 15.6. The molecule has 0 saturated heterocycles. The first-order valence-corrected chi connectivity index (χ1v) is 8.50. The zero-order valence-electron chi connectivity index (χ0n) is 11.9. The first-order valence-electron chi connectivity index (χ1n) is 6.40. The molecule has 3 nitrogen and oxygen atoms in total. The fourth-order valence-electron chi connectivity index (χ4n) is 1.23. The SMILES string of the molecule is CCCNc1cc(SC(C)C(C)C)nc(SC)n1. The fourth-order valence-corrected chi connectivity index (χ4v) is 2.63. The van der Waals surface area contributed by atoms with Crippen LogP contribution in [0.25, 0.3) is 0 Å². The number of hydrogen-bond acceptors (Lipinski definition) is 5. The van der Waals surface area contributed by atoms with Crippen LogP contribution in [0.1, 0.15) is 34.1 Å². The highest BCUT2D eigenvalue weighted by molar-refractivity contribution is 8.00. The molecule has 0 aliphatic carbocycles. The molecular weight excluding hydrogens is 262 g/mol. The summed E-state index contributed by atoms with van der Waals surface area (Å²) in [6, 6.07) is 2.05. The van der Waals surface area contributed by atoms with Crippen molar-refractivity contribution in [3.8, 4) is 0 Å². The van der Waals surface area contributed by atoms with Gasteiger partial charge in [0.25, 0.3) is 0 Å². The molecule has 0 amide bonds. The van der Waals surface area contributed by atoms with Crippen molar-refractivity contribution in [3.05, 3.63) is 6.07 Å². The summed E-state index contributed by atoms with van der Waals surface area (Å²) in [7, 11) is 0. The Bertz CT molecular complexity index is 369. The van der Waals surface area contributed by atoms with Crippen LogP contribution in [0.5, 0.6) is 0 Å².